The van der Waals surface area contributed by atoms with E-state index in [0.717, 1.165) is 12.8 Å². The van der Waals surface area contributed by atoms with Gasteiger partial charge in [-0.05, 0) is 19.8 Å². The molecule has 0 fully saturated rings. The van der Waals surface area contributed by atoms with Gasteiger partial charge < -0.3 is 15.6 Å². The Hall–Kier alpha value is -1.78. The second-order valence-electron chi connectivity index (χ2n) is 4.69. The molecule has 1 heterocycles. The number of aromatic carboxylic acids is 1. The van der Waals surface area contributed by atoms with Crippen molar-refractivity contribution in [2.75, 3.05) is 5.73 Å². The van der Waals surface area contributed by atoms with Crippen LogP contribution >= 0.6 is 0 Å². The first-order valence-electron chi connectivity index (χ1n) is 6.70. The highest BCUT2D eigenvalue weighted by Crippen LogP contribution is 2.18. The SMILES string of the molecule is CCCCCCC(C)Oc1cc(C(=O)O)c(N)cn1. The predicted molar refractivity (Wildman–Crippen MR) is 74.5 cm³/mol. The van der Waals surface area contributed by atoms with Crippen LogP contribution in [-0.2, 0) is 0 Å². The summed E-state index contributed by atoms with van der Waals surface area (Å²) < 4.78 is 5.61. The molecule has 5 nitrogen and oxygen atoms in total. The van der Waals surface area contributed by atoms with Gasteiger partial charge in [-0.1, -0.05) is 26.2 Å². The van der Waals surface area contributed by atoms with E-state index in [0.29, 0.717) is 5.88 Å². The molecule has 0 spiro atoms. The highest BCUT2D eigenvalue weighted by Gasteiger charge is 2.12. The largest absolute Gasteiger partial charge is 0.478 e. The number of pyridine rings is 1. The maximum Gasteiger partial charge on any atom is 0.338 e. The van der Waals surface area contributed by atoms with E-state index in [2.05, 4.69) is 11.9 Å². The zero-order valence-corrected chi connectivity index (χ0v) is 11.6. The summed E-state index contributed by atoms with van der Waals surface area (Å²) in [7, 11) is 0. The lowest BCUT2D eigenvalue weighted by molar-refractivity contribution is 0.0697. The Morgan fingerprint density at radius 2 is 2.21 bits per heavy atom. The molecule has 0 aliphatic heterocycles. The molecule has 0 aromatic carbocycles. The summed E-state index contributed by atoms with van der Waals surface area (Å²) in [5.74, 6) is -0.755. The average molecular weight is 266 g/mol. The van der Waals surface area contributed by atoms with Gasteiger partial charge in [0.1, 0.15) is 0 Å². The number of nitrogens with zero attached hydrogens (tertiary/aromatic N) is 1. The first-order valence-corrected chi connectivity index (χ1v) is 6.70. The summed E-state index contributed by atoms with van der Waals surface area (Å²) in [5, 5.41) is 8.96. The monoisotopic (exact) mass is 266 g/mol. The van der Waals surface area contributed by atoms with E-state index in [1.165, 1.54) is 31.5 Å². The molecule has 0 aliphatic rings. The summed E-state index contributed by atoms with van der Waals surface area (Å²) >= 11 is 0. The molecule has 0 bridgehead atoms. The van der Waals surface area contributed by atoms with Crippen molar-refractivity contribution >= 4 is 11.7 Å². The molecular weight excluding hydrogens is 244 g/mol. The Kier molecular flexibility index (Phi) is 6.12. The van der Waals surface area contributed by atoms with Crippen LogP contribution in [0, 0.1) is 0 Å². The van der Waals surface area contributed by atoms with Gasteiger partial charge in [0.05, 0.1) is 23.6 Å². The predicted octanol–water partition coefficient (Wildman–Crippen LogP) is 3.10. The van der Waals surface area contributed by atoms with E-state index < -0.39 is 5.97 Å². The zero-order chi connectivity index (χ0) is 14.3. The van der Waals surface area contributed by atoms with Gasteiger partial charge in [0.2, 0.25) is 5.88 Å². The lowest BCUT2D eigenvalue weighted by Crippen LogP contribution is -2.13. The molecule has 1 unspecified atom stereocenters. The number of carboxylic acids is 1. The van der Waals surface area contributed by atoms with Crippen molar-refractivity contribution in [3.63, 3.8) is 0 Å². The van der Waals surface area contributed by atoms with E-state index >= 15 is 0 Å². The van der Waals surface area contributed by atoms with Gasteiger partial charge in [0.25, 0.3) is 0 Å². The maximum atomic E-state index is 10.9. The van der Waals surface area contributed by atoms with E-state index in [1.807, 2.05) is 6.92 Å². The number of unbranched alkanes of at least 4 members (excludes halogenated alkanes) is 3. The first-order chi connectivity index (χ1) is 9.04. The van der Waals surface area contributed by atoms with Crippen molar-refractivity contribution in [2.45, 2.75) is 52.1 Å². The van der Waals surface area contributed by atoms with E-state index in [4.69, 9.17) is 15.6 Å². The van der Waals surface area contributed by atoms with Gasteiger partial charge >= 0.3 is 5.97 Å². The Morgan fingerprint density at radius 1 is 1.47 bits per heavy atom. The third kappa shape index (κ3) is 5.16. The van der Waals surface area contributed by atoms with Crippen LogP contribution in [0.3, 0.4) is 0 Å². The first kappa shape index (κ1) is 15.3. The Morgan fingerprint density at radius 3 is 2.84 bits per heavy atom. The third-order valence-electron chi connectivity index (χ3n) is 2.93. The zero-order valence-electron chi connectivity index (χ0n) is 11.6. The molecule has 0 aliphatic carbocycles. The van der Waals surface area contributed by atoms with Crippen LogP contribution in [0.1, 0.15) is 56.3 Å². The standard InChI is InChI=1S/C14H22N2O3/c1-3-4-5-6-7-10(2)19-13-8-11(14(17)18)12(15)9-16-13/h8-10H,3-7,15H2,1-2H3,(H,17,18). The van der Waals surface area contributed by atoms with Crippen LogP contribution < -0.4 is 10.5 Å². The topological polar surface area (TPSA) is 85.4 Å². The lowest BCUT2D eigenvalue weighted by atomic mass is 10.1. The number of carbonyl (C=O) groups is 1. The number of carboxylic acid groups (broad SMARTS) is 1. The normalized spacial score (nSPS) is 12.1. The van der Waals surface area contributed by atoms with E-state index in [9.17, 15) is 4.79 Å². The van der Waals surface area contributed by atoms with Crippen LogP contribution in [0.15, 0.2) is 12.3 Å². The molecule has 0 saturated carbocycles. The average Bonchev–Trinajstić information content (AvgIpc) is 2.36. The number of nitrogen functional groups attached to an aromatic ring is 1. The molecule has 1 rings (SSSR count). The molecule has 106 valence electrons. The molecule has 0 amide bonds. The number of anilines is 1. The third-order valence-corrected chi connectivity index (χ3v) is 2.93. The molecule has 0 saturated heterocycles. The highest BCUT2D eigenvalue weighted by molar-refractivity contribution is 5.93. The Bertz CT molecular complexity index is 421. The number of nitrogens with two attached hydrogens (primary N) is 1. The van der Waals surface area contributed by atoms with Crippen molar-refractivity contribution in [3.05, 3.63) is 17.8 Å². The fourth-order valence-corrected chi connectivity index (χ4v) is 1.82. The minimum atomic E-state index is -1.07. The smallest absolute Gasteiger partial charge is 0.338 e. The van der Waals surface area contributed by atoms with Crippen molar-refractivity contribution in [3.8, 4) is 5.88 Å². The van der Waals surface area contributed by atoms with Crippen LogP contribution in [0.2, 0.25) is 0 Å². The van der Waals surface area contributed by atoms with E-state index in [-0.39, 0.29) is 17.4 Å². The van der Waals surface area contributed by atoms with Crippen LogP contribution in [0.4, 0.5) is 5.69 Å². The number of ether oxygens (including phenoxy) is 1. The Balaban J connectivity index is 2.52. The van der Waals surface area contributed by atoms with Gasteiger partial charge in [-0.3, -0.25) is 0 Å². The molecular formula is C14H22N2O3. The van der Waals surface area contributed by atoms with Crippen molar-refractivity contribution in [1.29, 1.82) is 0 Å². The summed E-state index contributed by atoms with van der Waals surface area (Å²) in [6.45, 7) is 4.13. The molecule has 1 atom stereocenters. The van der Waals surface area contributed by atoms with Crippen molar-refractivity contribution < 1.29 is 14.6 Å². The molecule has 3 N–H and O–H groups in total. The fourth-order valence-electron chi connectivity index (χ4n) is 1.82. The van der Waals surface area contributed by atoms with E-state index in [1.54, 1.807) is 0 Å². The summed E-state index contributed by atoms with van der Waals surface area (Å²) in [6, 6.07) is 1.38. The quantitative estimate of drug-likeness (QED) is 0.706. The van der Waals surface area contributed by atoms with Crippen LogP contribution in [0.25, 0.3) is 0 Å². The fraction of sp³-hybridized carbons (Fsp3) is 0.571. The summed E-state index contributed by atoms with van der Waals surface area (Å²) in [5.41, 5.74) is 5.72. The second-order valence-corrected chi connectivity index (χ2v) is 4.69. The van der Waals surface area contributed by atoms with Gasteiger partial charge in [-0.2, -0.15) is 0 Å². The minimum absolute atomic E-state index is 0.0228. The maximum absolute atomic E-state index is 10.9. The van der Waals surface area contributed by atoms with Gasteiger partial charge in [0.15, 0.2) is 0 Å². The number of rotatable bonds is 8. The lowest BCUT2D eigenvalue weighted by Gasteiger charge is -2.14. The van der Waals surface area contributed by atoms with Crippen LogP contribution in [0.5, 0.6) is 5.88 Å². The number of hydrogen-bond donors (Lipinski definition) is 2. The van der Waals surface area contributed by atoms with Crippen molar-refractivity contribution in [2.24, 2.45) is 0 Å². The molecule has 19 heavy (non-hydrogen) atoms. The highest BCUT2D eigenvalue weighted by atomic mass is 16.5. The summed E-state index contributed by atoms with van der Waals surface area (Å²) in [4.78, 5) is 14.9. The number of hydrogen-bond acceptors (Lipinski definition) is 4. The van der Waals surface area contributed by atoms with Gasteiger partial charge in [-0.15, -0.1) is 0 Å². The van der Waals surface area contributed by atoms with Crippen LogP contribution in [-0.4, -0.2) is 22.2 Å². The second kappa shape index (κ2) is 7.61. The molecule has 1 aromatic rings. The van der Waals surface area contributed by atoms with Gasteiger partial charge in [0, 0.05) is 6.07 Å². The molecule has 0 radical (unpaired) electrons. The van der Waals surface area contributed by atoms with Crippen molar-refractivity contribution in [1.82, 2.24) is 4.98 Å². The Labute approximate surface area is 113 Å². The summed E-state index contributed by atoms with van der Waals surface area (Å²) in [6.07, 6.45) is 7.02. The molecule has 5 heteroatoms. The molecule has 1 aromatic heterocycles. The number of aromatic nitrogens is 1. The minimum Gasteiger partial charge on any atom is -0.478 e. The van der Waals surface area contributed by atoms with Gasteiger partial charge in [-0.25, -0.2) is 9.78 Å².